The molecule has 0 unspecified atom stereocenters. The maximum absolute atomic E-state index is 12.2. The zero-order valence-electron chi connectivity index (χ0n) is 12.9. The quantitative estimate of drug-likeness (QED) is 0.775. The third-order valence-electron chi connectivity index (χ3n) is 3.54. The predicted molar refractivity (Wildman–Crippen MR) is 88.0 cm³/mol. The number of hydrogen-bond acceptors (Lipinski definition) is 8. The van der Waals surface area contributed by atoms with Gasteiger partial charge >= 0.3 is 0 Å². The number of thioether (sulfide) groups is 1. The van der Waals surface area contributed by atoms with Gasteiger partial charge < -0.3 is 9.73 Å². The topological polar surface area (TPSA) is 115 Å². The van der Waals surface area contributed by atoms with Crippen LogP contribution in [0.2, 0.25) is 0 Å². The van der Waals surface area contributed by atoms with Crippen LogP contribution in [0.15, 0.2) is 34.2 Å². The lowest BCUT2D eigenvalue weighted by Crippen LogP contribution is -2.39. The van der Waals surface area contributed by atoms with Crippen LogP contribution in [-0.4, -0.2) is 52.3 Å². The molecule has 10 heteroatoms. The Labute approximate surface area is 143 Å². The first-order chi connectivity index (χ1) is 11.4. The Morgan fingerprint density at radius 3 is 2.96 bits per heavy atom. The Hall–Kier alpha value is -1.94. The summed E-state index contributed by atoms with van der Waals surface area (Å²) in [5.41, 5.74) is 0.699. The number of aromatic nitrogens is 3. The fourth-order valence-corrected chi connectivity index (χ4v) is 4.66. The number of nitrogens with one attached hydrogen (secondary N) is 1. The number of nitrogens with zero attached hydrogens (tertiary/aromatic N) is 3. The first-order valence-corrected chi connectivity index (χ1v) is 10.0. The molecule has 0 aliphatic carbocycles. The van der Waals surface area contributed by atoms with Crippen molar-refractivity contribution >= 4 is 27.5 Å². The second kappa shape index (κ2) is 6.89. The van der Waals surface area contributed by atoms with Crippen LogP contribution in [0.25, 0.3) is 11.5 Å². The summed E-state index contributed by atoms with van der Waals surface area (Å²) in [6.45, 7) is 1.71. The van der Waals surface area contributed by atoms with Crippen LogP contribution >= 0.6 is 11.8 Å². The third kappa shape index (κ3) is 4.12. The Balaban J connectivity index is 1.58. The van der Waals surface area contributed by atoms with Crippen molar-refractivity contribution in [3.8, 4) is 11.5 Å². The Bertz CT molecular complexity index is 822. The fraction of sp³-hybridized carbons (Fsp3) is 0.429. The van der Waals surface area contributed by atoms with Gasteiger partial charge in [-0.1, -0.05) is 11.8 Å². The molecule has 3 heterocycles. The van der Waals surface area contributed by atoms with Crippen LogP contribution in [0.1, 0.15) is 13.3 Å². The van der Waals surface area contributed by atoms with E-state index in [9.17, 15) is 13.2 Å². The molecule has 1 N–H and O–H groups in total. The lowest BCUT2D eigenvalue weighted by atomic mass is 10.2. The fourth-order valence-electron chi connectivity index (χ4n) is 2.30. The number of sulfone groups is 1. The molecule has 0 saturated carbocycles. The number of carbonyl (C=O) groups excluding carboxylic acids is 1. The molecule has 2 aromatic heterocycles. The SMILES string of the molecule is C[C@@H](Sc1nnc(-c2cccnc2)o1)C(=O)N[C@@H]1CCS(=O)(=O)C1. The lowest BCUT2D eigenvalue weighted by molar-refractivity contribution is -0.120. The zero-order chi connectivity index (χ0) is 17.2. The van der Waals surface area contributed by atoms with Crippen molar-refractivity contribution in [1.82, 2.24) is 20.5 Å². The van der Waals surface area contributed by atoms with Gasteiger partial charge in [-0.15, -0.1) is 10.2 Å². The average Bonchev–Trinajstić information content (AvgIpc) is 3.14. The molecule has 0 aromatic carbocycles. The second-order valence-corrected chi connectivity index (χ2v) is 9.00. The average molecular weight is 368 g/mol. The van der Waals surface area contributed by atoms with Gasteiger partial charge in [-0.2, -0.15) is 0 Å². The molecule has 0 bridgehead atoms. The summed E-state index contributed by atoms with van der Waals surface area (Å²) in [4.78, 5) is 16.1. The molecular weight excluding hydrogens is 352 g/mol. The van der Waals surface area contributed by atoms with Crippen molar-refractivity contribution in [2.45, 2.75) is 29.9 Å². The van der Waals surface area contributed by atoms with E-state index in [1.165, 1.54) is 0 Å². The summed E-state index contributed by atoms with van der Waals surface area (Å²) in [6, 6.07) is 3.24. The molecule has 2 atom stereocenters. The summed E-state index contributed by atoms with van der Waals surface area (Å²) in [5, 5.41) is 10.4. The Kier molecular flexibility index (Phi) is 4.86. The van der Waals surface area contributed by atoms with Crippen molar-refractivity contribution in [3.63, 3.8) is 0 Å². The number of carbonyl (C=O) groups is 1. The summed E-state index contributed by atoms with van der Waals surface area (Å²) in [6.07, 6.45) is 3.71. The molecule has 2 aromatic rings. The summed E-state index contributed by atoms with van der Waals surface area (Å²) >= 11 is 1.13. The molecule has 1 aliphatic rings. The standard InChI is InChI=1S/C14H16N4O4S2/c1-9(12(19)16-11-4-6-24(20,21)8-11)23-14-18-17-13(22-14)10-3-2-5-15-7-10/h2-3,5,7,9,11H,4,6,8H2,1H3,(H,16,19)/t9-,11-/m1/s1. The van der Waals surface area contributed by atoms with Gasteiger partial charge in [0.1, 0.15) is 0 Å². The van der Waals surface area contributed by atoms with Gasteiger partial charge in [-0.3, -0.25) is 9.78 Å². The first kappa shape index (κ1) is 16.9. The summed E-state index contributed by atoms with van der Waals surface area (Å²) < 4.78 is 28.4. The van der Waals surface area contributed by atoms with Gasteiger partial charge in [0.05, 0.1) is 22.3 Å². The van der Waals surface area contributed by atoms with Gasteiger partial charge in [-0.05, 0) is 25.5 Å². The number of amides is 1. The van der Waals surface area contributed by atoms with Gasteiger partial charge in [0.2, 0.25) is 11.8 Å². The maximum atomic E-state index is 12.2. The molecule has 1 saturated heterocycles. The molecule has 1 aliphatic heterocycles. The van der Waals surface area contributed by atoms with E-state index in [1.807, 2.05) is 0 Å². The minimum absolute atomic E-state index is 0.00182. The summed E-state index contributed by atoms with van der Waals surface area (Å²) in [5.74, 6) is 0.211. The van der Waals surface area contributed by atoms with E-state index >= 15 is 0 Å². The van der Waals surface area contributed by atoms with E-state index in [-0.39, 0.29) is 28.7 Å². The predicted octanol–water partition coefficient (Wildman–Crippen LogP) is 0.915. The van der Waals surface area contributed by atoms with Crippen molar-refractivity contribution in [2.75, 3.05) is 11.5 Å². The highest BCUT2D eigenvalue weighted by molar-refractivity contribution is 8.00. The van der Waals surface area contributed by atoms with Crippen LogP contribution in [0.3, 0.4) is 0 Å². The van der Waals surface area contributed by atoms with Gasteiger partial charge in [0, 0.05) is 18.4 Å². The largest absolute Gasteiger partial charge is 0.411 e. The van der Waals surface area contributed by atoms with Crippen LogP contribution in [0, 0.1) is 0 Å². The lowest BCUT2D eigenvalue weighted by Gasteiger charge is -2.14. The molecule has 0 radical (unpaired) electrons. The smallest absolute Gasteiger partial charge is 0.277 e. The van der Waals surface area contributed by atoms with Gasteiger partial charge in [0.15, 0.2) is 9.84 Å². The van der Waals surface area contributed by atoms with Crippen molar-refractivity contribution in [2.24, 2.45) is 0 Å². The number of rotatable bonds is 5. The van der Waals surface area contributed by atoms with Gasteiger partial charge in [-0.25, -0.2) is 8.42 Å². The van der Waals surface area contributed by atoms with E-state index in [1.54, 1.807) is 31.5 Å². The highest BCUT2D eigenvalue weighted by Crippen LogP contribution is 2.26. The summed E-state index contributed by atoms with van der Waals surface area (Å²) in [7, 11) is -3.02. The Morgan fingerprint density at radius 2 is 2.29 bits per heavy atom. The molecule has 3 rings (SSSR count). The monoisotopic (exact) mass is 368 g/mol. The van der Waals surface area contributed by atoms with Crippen LogP contribution < -0.4 is 5.32 Å². The molecule has 1 fully saturated rings. The van der Waals surface area contributed by atoms with E-state index in [4.69, 9.17) is 4.42 Å². The molecule has 0 spiro atoms. The number of hydrogen-bond donors (Lipinski definition) is 1. The molecular formula is C14H16N4O4S2. The van der Waals surface area contributed by atoms with Crippen molar-refractivity contribution < 1.29 is 17.6 Å². The van der Waals surface area contributed by atoms with E-state index in [0.29, 0.717) is 17.9 Å². The highest BCUT2D eigenvalue weighted by Gasteiger charge is 2.30. The van der Waals surface area contributed by atoms with E-state index < -0.39 is 15.1 Å². The number of pyridine rings is 1. The van der Waals surface area contributed by atoms with Crippen molar-refractivity contribution in [1.29, 1.82) is 0 Å². The maximum Gasteiger partial charge on any atom is 0.277 e. The van der Waals surface area contributed by atoms with Gasteiger partial charge in [0.25, 0.3) is 5.22 Å². The highest BCUT2D eigenvalue weighted by atomic mass is 32.2. The molecule has 128 valence electrons. The first-order valence-electron chi connectivity index (χ1n) is 7.34. The normalized spacial score (nSPS) is 20.6. The minimum Gasteiger partial charge on any atom is -0.411 e. The third-order valence-corrected chi connectivity index (χ3v) is 6.24. The molecule has 24 heavy (non-hydrogen) atoms. The Morgan fingerprint density at radius 1 is 1.46 bits per heavy atom. The van der Waals surface area contributed by atoms with Crippen molar-refractivity contribution in [3.05, 3.63) is 24.5 Å². The zero-order valence-corrected chi connectivity index (χ0v) is 14.5. The molecule has 8 nitrogen and oxygen atoms in total. The van der Waals surface area contributed by atoms with Crippen LogP contribution in [0.5, 0.6) is 0 Å². The van der Waals surface area contributed by atoms with E-state index in [2.05, 4.69) is 20.5 Å². The second-order valence-electron chi connectivity index (χ2n) is 5.48. The van der Waals surface area contributed by atoms with Crippen LogP contribution in [0.4, 0.5) is 0 Å². The molecule has 1 amide bonds. The minimum atomic E-state index is -3.02. The van der Waals surface area contributed by atoms with E-state index in [0.717, 1.165) is 11.8 Å². The van der Waals surface area contributed by atoms with Crippen LogP contribution in [-0.2, 0) is 14.6 Å².